The lowest BCUT2D eigenvalue weighted by Crippen LogP contribution is -2.00. The minimum absolute atomic E-state index is 0.00107. The summed E-state index contributed by atoms with van der Waals surface area (Å²) in [5, 5.41) is 53.8. The van der Waals surface area contributed by atoms with Crippen LogP contribution >= 0.6 is 24.1 Å². The molecule has 19 heteroatoms. The maximum atomic E-state index is 12.5. The van der Waals surface area contributed by atoms with Gasteiger partial charge >= 0.3 is 0 Å². The fourth-order valence-electron chi connectivity index (χ4n) is 4.57. The van der Waals surface area contributed by atoms with Gasteiger partial charge in [-0.25, -0.2) is 10.5 Å². The van der Waals surface area contributed by atoms with Crippen LogP contribution in [-0.4, -0.2) is 35.7 Å². The van der Waals surface area contributed by atoms with Crippen LogP contribution in [0.1, 0.15) is 5.56 Å². The van der Waals surface area contributed by atoms with Crippen LogP contribution in [0.5, 0.6) is 11.5 Å². The molecule has 0 unspecified atom stereocenters. The van der Waals surface area contributed by atoms with E-state index in [2.05, 4.69) is 39.2 Å². The van der Waals surface area contributed by atoms with E-state index in [-0.39, 0.29) is 44.5 Å². The fraction of sp³-hybridized carbons (Fsp3) is 0.0714. The molecule has 0 radical (unpaired) electrons. The molecule has 0 saturated carbocycles. The number of rotatable bonds is 12. The monoisotopic (exact) mass is 701 g/mol. The number of hydrogen-bond donors (Lipinski definition) is 5. The smallest absolute Gasteiger partial charge is 0.297 e. The number of nitrogen functional groups attached to an aromatic ring is 1. The number of methoxy groups -OCH3 is 1. The topological polar surface area (TPSA) is 237 Å². The molecule has 0 aromatic heterocycles. The van der Waals surface area contributed by atoms with E-state index in [9.17, 15) is 18.1 Å². The van der Waals surface area contributed by atoms with Gasteiger partial charge in [0.05, 0.1) is 41.8 Å². The molecule has 16 nitrogen and oxygen atoms in total. The van der Waals surface area contributed by atoms with E-state index in [0.29, 0.717) is 56.4 Å². The molecule has 47 heavy (non-hydrogen) atoms. The van der Waals surface area contributed by atoms with Crippen molar-refractivity contribution >= 4 is 84.2 Å². The second kappa shape index (κ2) is 14.6. The normalized spacial score (nSPS) is 12.2. The summed E-state index contributed by atoms with van der Waals surface area (Å²) in [5.74, 6) is -0.0341. The average molecular weight is 702 g/mol. The molecule has 0 aliphatic rings. The fourth-order valence-corrected chi connectivity index (χ4v) is 6.40. The SMILES string of the molecule is COc1cc(/N=N/c2ccc3c(SOOO)cccc3c2S(=O)(=O)O)c(C)cc1/N=N/c1c(SOOO)cc2cc(N)ccc2c1O. The van der Waals surface area contributed by atoms with Crippen LogP contribution in [0.2, 0.25) is 0 Å². The summed E-state index contributed by atoms with van der Waals surface area (Å²) in [7, 11) is -3.40. The molecule has 244 valence electrons. The van der Waals surface area contributed by atoms with Crippen LogP contribution in [0.25, 0.3) is 21.5 Å². The number of aromatic hydroxyl groups is 1. The Bertz CT molecular complexity index is 2150. The van der Waals surface area contributed by atoms with Crippen molar-refractivity contribution in [3.05, 3.63) is 72.3 Å². The van der Waals surface area contributed by atoms with Gasteiger partial charge in [0.2, 0.25) is 0 Å². The highest BCUT2D eigenvalue weighted by Crippen LogP contribution is 2.45. The highest BCUT2D eigenvalue weighted by molar-refractivity contribution is 7.95. The number of nitrogens with zero attached hydrogens (tertiary/aromatic N) is 4. The zero-order valence-corrected chi connectivity index (χ0v) is 26.5. The number of fused-ring (bicyclic) bond motifs is 2. The molecule has 0 heterocycles. The number of benzene rings is 5. The standard InChI is InChI=1S/C28H23N5O11S3/c1-14-10-22(32-33-26-25(46-44-42-36)12-15-11-16(29)6-7-17(15)27(26)34)23(40-2)13-21(14)31-30-20-9-8-18-19(28(20)47(37,38)39)4-3-5-24(18)45-43-41-35/h3-13,34-36H,29H2,1-2H3,(H,37,38,39)/b31-30+,33-32+. The van der Waals surface area contributed by atoms with Crippen LogP contribution in [0.15, 0.2) is 102 Å². The summed E-state index contributed by atoms with van der Waals surface area (Å²) in [6, 6.07) is 17.0. The third-order valence-electron chi connectivity index (χ3n) is 6.61. The number of ether oxygens (including phenoxy) is 1. The van der Waals surface area contributed by atoms with Crippen LogP contribution in [0.4, 0.5) is 28.4 Å². The maximum Gasteiger partial charge on any atom is 0.297 e. The molecule has 0 aliphatic carbocycles. The third kappa shape index (κ3) is 7.44. The summed E-state index contributed by atoms with van der Waals surface area (Å²) in [5.41, 5.74) is 7.21. The Kier molecular flexibility index (Phi) is 10.5. The van der Waals surface area contributed by atoms with Gasteiger partial charge < -0.3 is 15.6 Å². The largest absolute Gasteiger partial charge is 0.505 e. The van der Waals surface area contributed by atoms with Crippen molar-refractivity contribution in [1.29, 1.82) is 0 Å². The van der Waals surface area contributed by atoms with Gasteiger partial charge in [0.25, 0.3) is 10.1 Å². The van der Waals surface area contributed by atoms with Crippen LogP contribution in [0.3, 0.4) is 0 Å². The molecular formula is C28H23N5O11S3. The summed E-state index contributed by atoms with van der Waals surface area (Å²) < 4.78 is 49.5. The van der Waals surface area contributed by atoms with Crippen molar-refractivity contribution in [3.63, 3.8) is 0 Å². The summed E-state index contributed by atoms with van der Waals surface area (Å²) in [6.45, 7) is 1.69. The van der Waals surface area contributed by atoms with E-state index in [1.54, 1.807) is 49.4 Å². The van der Waals surface area contributed by atoms with Gasteiger partial charge in [0, 0.05) is 27.4 Å². The van der Waals surface area contributed by atoms with Crippen molar-refractivity contribution in [1.82, 2.24) is 0 Å². The molecule has 0 spiro atoms. The summed E-state index contributed by atoms with van der Waals surface area (Å²) >= 11 is 1.20. The molecule has 6 N–H and O–H groups in total. The average Bonchev–Trinajstić information content (AvgIpc) is 3.04. The first-order chi connectivity index (χ1) is 22.5. The highest BCUT2D eigenvalue weighted by atomic mass is 32.2. The van der Waals surface area contributed by atoms with Crippen molar-refractivity contribution < 1.29 is 52.1 Å². The first kappa shape index (κ1) is 33.9. The van der Waals surface area contributed by atoms with Crippen LogP contribution in [-0.2, 0) is 28.9 Å². The highest BCUT2D eigenvalue weighted by Gasteiger charge is 2.22. The zero-order valence-electron chi connectivity index (χ0n) is 24.1. The number of nitrogens with two attached hydrogens (primary N) is 1. The molecule has 5 aromatic carbocycles. The Morgan fingerprint density at radius 1 is 0.766 bits per heavy atom. The van der Waals surface area contributed by atoms with Gasteiger partial charge in [-0.05, 0) is 65.7 Å². The summed E-state index contributed by atoms with van der Waals surface area (Å²) in [4.78, 5) is 0.129. The lowest BCUT2D eigenvalue weighted by atomic mass is 10.1. The zero-order chi connectivity index (χ0) is 33.7. The molecule has 0 bridgehead atoms. The Morgan fingerprint density at radius 2 is 1.45 bits per heavy atom. The quantitative estimate of drug-likeness (QED) is 0.0205. The minimum Gasteiger partial charge on any atom is -0.505 e. The number of phenols is 1. The van der Waals surface area contributed by atoms with Crippen molar-refractivity contribution in [2.24, 2.45) is 20.5 Å². The van der Waals surface area contributed by atoms with Gasteiger partial charge in [0.1, 0.15) is 27.7 Å². The Labute approximate surface area is 274 Å². The number of anilines is 1. The molecule has 5 aromatic rings. The molecular weight excluding hydrogens is 679 g/mol. The second-order valence-corrected chi connectivity index (χ2v) is 12.3. The van der Waals surface area contributed by atoms with E-state index < -0.39 is 15.0 Å². The first-order valence-electron chi connectivity index (χ1n) is 13.0. The number of azo groups is 2. The lowest BCUT2D eigenvalue weighted by Gasteiger charge is -2.11. The number of aryl methyl sites for hydroxylation is 1. The molecule has 0 atom stereocenters. The minimum atomic E-state index is -4.79. The van der Waals surface area contributed by atoms with Crippen molar-refractivity contribution in [2.75, 3.05) is 12.8 Å². The van der Waals surface area contributed by atoms with Crippen molar-refractivity contribution in [3.8, 4) is 11.5 Å². The van der Waals surface area contributed by atoms with E-state index in [4.69, 9.17) is 21.0 Å². The second-order valence-electron chi connectivity index (χ2n) is 9.46. The lowest BCUT2D eigenvalue weighted by molar-refractivity contribution is -0.432. The first-order valence-corrected chi connectivity index (χ1v) is 15.9. The predicted octanol–water partition coefficient (Wildman–Crippen LogP) is 8.53. The molecule has 0 aliphatic heterocycles. The maximum absolute atomic E-state index is 12.5. The van der Waals surface area contributed by atoms with Crippen molar-refractivity contribution in [2.45, 2.75) is 21.6 Å². The Morgan fingerprint density at radius 3 is 2.15 bits per heavy atom. The van der Waals surface area contributed by atoms with E-state index in [1.807, 2.05) is 0 Å². The molecule has 0 amide bonds. The van der Waals surface area contributed by atoms with Gasteiger partial charge in [0.15, 0.2) is 5.75 Å². The Balaban J connectivity index is 1.53. The molecule has 5 rings (SSSR count). The number of hydrogen-bond acceptors (Lipinski definition) is 17. The van der Waals surface area contributed by atoms with Gasteiger partial charge in [-0.15, -0.1) is 24.0 Å². The van der Waals surface area contributed by atoms with Gasteiger partial charge in [-0.1, -0.05) is 28.3 Å². The number of phenolic OH excluding ortho intramolecular Hbond substituents is 1. The summed E-state index contributed by atoms with van der Waals surface area (Å²) in [6.07, 6.45) is 0. The predicted molar refractivity (Wildman–Crippen MR) is 171 cm³/mol. The molecule has 0 saturated heterocycles. The molecule has 0 fully saturated rings. The van der Waals surface area contributed by atoms with E-state index in [1.165, 1.54) is 31.4 Å². The van der Waals surface area contributed by atoms with E-state index in [0.717, 1.165) is 0 Å². The van der Waals surface area contributed by atoms with E-state index >= 15 is 0 Å². The van der Waals surface area contributed by atoms with Crippen LogP contribution in [0, 0.1) is 6.92 Å². The van der Waals surface area contributed by atoms with Gasteiger partial charge in [-0.3, -0.25) is 4.55 Å². The Hall–Kier alpha value is -4.41. The van der Waals surface area contributed by atoms with Crippen LogP contribution < -0.4 is 10.5 Å². The van der Waals surface area contributed by atoms with Gasteiger partial charge in [-0.2, -0.15) is 13.5 Å². The third-order valence-corrected chi connectivity index (χ3v) is 8.84.